The molecular weight excluding hydrogens is 200 g/mol. The molecule has 0 saturated carbocycles. The SMILES string of the molecule is N=C1C=C(N)C=CC1=Nc1cccc(N)c1. The fraction of sp³-hybridized carbons (Fsp3) is 0. The maximum absolute atomic E-state index is 7.71. The van der Waals surface area contributed by atoms with Crippen molar-refractivity contribution < 1.29 is 0 Å². The van der Waals surface area contributed by atoms with E-state index in [0.717, 1.165) is 5.69 Å². The molecule has 2 rings (SSSR count). The minimum Gasteiger partial charge on any atom is -0.399 e. The van der Waals surface area contributed by atoms with Crippen LogP contribution in [-0.2, 0) is 0 Å². The van der Waals surface area contributed by atoms with Gasteiger partial charge in [0.15, 0.2) is 0 Å². The van der Waals surface area contributed by atoms with E-state index in [-0.39, 0.29) is 0 Å². The fourth-order valence-corrected chi connectivity index (χ4v) is 1.38. The maximum atomic E-state index is 7.71. The lowest BCUT2D eigenvalue weighted by molar-refractivity contribution is 1.41. The number of rotatable bonds is 1. The third-order valence-electron chi connectivity index (χ3n) is 2.14. The highest BCUT2D eigenvalue weighted by Crippen LogP contribution is 2.16. The third-order valence-corrected chi connectivity index (χ3v) is 2.14. The molecule has 0 heterocycles. The van der Waals surface area contributed by atoms with Gasteiger partial charge in [0, 0.05) is 11.4 Å². The molecule has 1 aliphatic rings. The molecule has 4 heteroatoms. The van der Waals surface area contributed by atoms with Crippen LogP contribution in [0.2, 0.25) is 0 Å². The molecule has 1 aliphatic carbocycles. The summed E-state index contributed by atoms with van der Waals surface area (Å²) in [6.07, 6.45) is 5.02. The van der Waals surface area contributed by atoms with E-state index in [1.54, 1.807) is 30.4 Å². The Labute approximate surface area is 93.5 Å². The second-order valence-electron chi connectivity index (χ2n) is 3.48. The summed E-state index contributed by atoms with van der Waals surface area (Å²) in [5.74, 6) is 0. The Morgan fingerprint density at radius 2 is 1.94 bits per heavy atom. The number of hydrogen-bond acceptors (Lipinski definition) is 4. The predicted molar refractivity (Wildman–Crippen MR) is 67.1 cm³/mol. The van der Waals surface area contributed by atoms with Crippen molar-refractivity contribution in [3.63, 3.8) is 0 Å². The summed E-state index contributed by atoms with van der Waals surface area (Å²) in [7, 11) is 0. The van der Waals surface area contributed by atoms with Crippen molar-refractivity contribution in [1.82, 2.24) is 0 Å². The molecule has 0 unspecified atom stereocenters. The van der Waals surface area contributed by atoms with Crippen LogP contribution in [0.4, 0.5) is 11.4 Å². The smallest absolute Gasteiger partial charge is 0.0887 e. The Balaban J connectivity index is 2.33. The van der Waals surface area contributed by atoms with Gasteiger partial charge in [-0.15, -0.1) is 0 Å². The highest BCUT2D eigenvalue weighted by atomic mass is 14.8. The Morgan fingerprint density at radius 1 is 1.12 bits per heavy atom. The summed E-state index contributed by atoms with van der Waals surface area (Å²) >= 11 is 0. The molecule has 1 aromatic rings. The van der Waals surface area contributed by atoms with Gasteiger partial charge in [0.05, 0.1) is 17.1 Å². The van der Waals surface area contributed by atoms with Gasteiger partial charge in [-0.1, -0.05) is 6.07 Å². The van der Waals surface area contributed by atoms with Gasteiger partial charge in [-0.05, 0) is 36.4 Å². The van der Waals surface area contributed by atoms with Gasteiger partial charge in [-0.2, -0.15) is 0 Å². The second-order valence-corrected chi connectivity index (χ2v) is 3.48. The second kappa shape index (κ2) is 4.02. The maximum Gasteiger partial charge on any atom is 0.0887 e. The van der Waals surface area contributed by atoms with Crippen LogP contribution in [0, 0.1) is 5.41 Å². The first-order valence-corrected chi connectivity index (χ1v) is 4.83. The van der Waals surface area contributed by atoms with Gasteiger partial charge in [0.1, 0.15) is 0 Å². The van der Waals surface area contributed by atoms with Crippen LogP contribution < -0.4 is 11.5 Å². The van der Waals surface area contributed by atoms with Crippen molar-refractivity contribution in [3.8, 4) is 0 Å². The van der Waals surface area contributed by atoms with Crippen LogP contribution in [0.5, 0.6) is 0 Å². The zero-order valence-electron chi connectivity index (χ0n) is 8.64. The van der Waals surface area contributed by atoms with Gasteiger partial charge in [-0.25, -0.2) is 4.99 Å². The first-order chi connectivity index (χ1) is 7.65. The van der Waals surface area contributed by atoms with Gasteiger partial charge in [0.25, 0.3) is 0 Å². The van der Waals surface area contributed by atoms with Crippen LogP contribution in [0.3, 0.4) is 0 Å². The van der Waals surface area contributed by atoms with Crippen molar-refractivity contribution in [1.29, 1.82) is 5.41 Å². The minimum atomic E-state index is 0.308. The summed E-state index contributed by atoms with van der Waals surface area (Å²) < 4.78 is 0. The van der Waals surface area contributed by atoms with Gasteiger partial charge in [-0.3, -0.25) is 5.41 Å². The summed E-state index contributed by atoms with van der Waals surface area (Å²) in [5, 5.41) is 7.71. The lowest BCUT2D eigenvalue weighted by Crippen LogP contribution is -2.14. The largest absolute Gasteiger partial charge is 0.399 e. The van der Waals surface area contributed by atoms with E-state index >= 15 is 0 Å². The molecule has 0 spiro atoms. The number of anilines is 1. The number of allylic oxidation sites excluding steroid dienone is 3. The lowest BCUT2D eigenvalue weighted by atomic mass is 10.1. The van der Waals surface area contributed by atoms with E-state index in [1.165, 1.54) is 0 Å². The van der Waals surface area contributed by atoms with Crippen molar-refractivity contribution in [2.24, 2.45) is 10.7 Å². The van der Waals surface area contributed by atoms with Crippen LogP contribution in [0.15, 0.2) is 53.2 Å². The van der Waals surface area contributed by atoms with Crippen molar-refractivity contribution in [2.75, 3.05) is 5.73 Å². The molecule has 0 amide bonds. The predicted octanol–water partition coefficient (Wildman–Crippen LogP) is 1.77. The Morgan fingerprint density at radius 3 is 2.62 bits per heavy atom. The topological polar surface area (TPSA) is 88.2 Å². The van der Waals surface area contributed by atoms with Gasteiger partial charge < -0.3 is 11.5 Å². The average molecular weight is 212 g/mol. The monoisotopic (exact) mass is 212 g/mol. The number of nitrogen functional groups attached to an aromatic ring is 1. The van der Waals surface area contributed by atoms with E-state index in [0.29, 0.717) is 22.8 Å². The van der Waals surface area contributed by atoms with Gasteiger partial charge >= 0.3 is 0 Å². The normalized spacial score (nSPS) is 17.6. The Hall–Kier alpha value is -2.36. The molecule has 1 aromatic carbocycles. The molecule has 16 heavy (non-hydrogen) atoms. The number of nitrogens with zero attached hydrogens (tertiary/aromatic N) is 1. The first-order valence-electron chi connectivity index (χ1n) is 4.83. The molecule has 80 valence electrons. The Bertz CT molecular complexity index is 524. The summed E-state index contributed by atoms with van der Waals surface area (Å²) in [4.78, 5) is 4.32. The molecule has 0 bridgehead atoms. The first kappa shape index (κ1) is 10.2. The third kappa shape index (κ3) is 2.17. The Kier molecular flexibility index (Phi) is 2.55. The standard InChI is InChI=1S/C12H12N4/c13-8-2-1-3-10(6-8)16-12-5-4-9(14)7-11(12)15/h1-7,15H,13-14H2. The van der Waals surface area contributed by atoms with Gasteiger partial charge in [0.2, 0.25) is 0 Å². The zero-order valence-corrected chi connectivity index (χ0v) is 8.64. The van der Waals surface area contributed by atoms with Crippen LogP contribution in [0.25, 0.3) is 0 Å². The number of benzene rings is 1. The van der Waals surface area contributed by atoms with Crippen molar-refractivity contribution >= 4 is 22.8 Å². The molecule has 0 aliphatic heterocycles. The molecule has 0 atom stereocenters. The number of nitrogens with one attached hydrogen (secondary N) is 1. The number of hydrogen-bond donors (Lipinski definition) is 3. The molecule has 0 saturated heterocycles. The minimum absolute atomic E-state index is 0.308. The fourth-order valence-electron chi connectivity index (χ4n) is 1.38. The molecule has 5 N–H and O–H groups in total. The highest BCUT2D eigenvalue weighted by Gasteiger charge is 2.06. The van der Waals surface area contributed by atoms with E-state index < -0.39 is 0 Å². The van der Waals surface area contributed by atoms with E-state index in [1.807, 2.05) is 12.1 Å². The summed E-state index contributed by atoms with van der Waals surface area (Å²) in [6.45, 7) is 0. The zero-order chi connectivity index (χ0) is 11.5. The summed E-state index contributed by atoms with van der Waals surface area (Å²) in [6, 6.07) is 7.22. The number of nitrogens with two attached hydrogens (primary N) is 2. The molecule has 0 fully saturated rings. The molecule has 0 radical (unpaired) electrons. The van der Waals surface area contributed by atoms with Crippen molar-refractivity contribution in [2.45, 2.75) is 0 Å². The molecule has 4 nitrogen and oxygen atoms in total. The van der Waals surface area contributed by atoms with E-state index in [2.05, 4.69) is 4.99 Å². The van der Waals surface area contributed by atoms with E-state index in [9.17, 15) is 0 Å². The van der Waals surface area contributed by atoms with Crippen LogP contribution in [0.1, 0.15) is 0 Å². The highest BCUT2D eigenvalue weighted by molar-refractivity contribution is 6.50. The average Bonchev–Trinajstić information content (AvgIpc) is 2.22. The molecular formula is C12H12N4. The van der Waals surface area contributed by atoms with E-state index in [4.69, 9.17) is 16.9 Å². The van der Waals surface area contributed by atoms with Crippen LogP contribution >= 0.6 is 0 Å². The molecule has 0 aromatic heterocycles. The summed E-state index contributed by atoms with van der Waals surface area (Å²) in [5.41, 5.74) is 14.1. The van der Waals surface area contributed by atoms with Crippen LogP contribution in [-0.4, -0.2) is 11.4 Å². The van der Waals surface area contributed by atoms with Crippen molar-refractivity contribution in [3.05, 3.63) is 48.2 Å². The quantitative estimate of drug-likeness (QED) is 0.489. The number of aliphatic imine (C=N–C) groups is 1. The lowest BCUT2D eigenvalue weighted by Gasteiger charge is -2.06.